The van der Waals surface area contributed by atoms with Crippen molar-refractivity contribution in [3.8, 4) is 39.3 Å². The lowest BCUT2D eigenvalue weighted by molar-refractivity contribution is 0.673. The van der Waals surface area contributed by atoms with Crippen LogP contribution in [0.15, 0.2) is 162 Å². The maximum atomic E-state index is 6.67. The van der Waals surface area contributed by atoms with Crippen molar-refractivity contribution in [2.24, 2.45) is 0 Å². The lowest BCUT2D eigenvalue weighted by Gasteiger charge is -2.14. The van der Waals surface area contributed by atoms with Gasteiger partial charge in [-0.1, -0.05) is 115 Å². The molecule has 3 heterocycles. The summed E-state index contributed by atoms with van der Waals surface area (Å²) in [5, 5.41) is 4.44. The van der Waals surface area contributed by atoms with E-state index >= 15 is 0 Å². The van der Waals surface area contributed by atoms with E-state index in [-0.39, 0.29) is 0 Å². The number of hydrogen-bond acceptors (Lipinski definition) is 2. The Balaban J connectivity index is 1.48. The van der Waals surface area contributed by atoms with Crippen LogP contribution >= 0.6 is 0 Å². The van der Waals surface area contributed by atoms with E-state index in [0.29, 0.717) is 0 Å². The lowest BCUT2D eigenvalue weighted by atomic mass is 9.97. The molecule has 0 saturated heterocycles. The third-order valence-electron chi connectivity index (χ3n) is 8.57. The molecule has 0 spiro atoms. The molecule has 0 saturated carbocycles. The van der Waals surface area contributed by atoms with Crippen molar-refractivity contribution in [2.75, 3.05) is 0 Å². The van der Waals surface area contributed by atoms with E-state index in [1.54, 1.807) is 0 Å². The van der Waals surface area contributed by atoms with Crippen molar-refractivity contribution < 1.29 is 4.42 Å². The summed E-state index contributed by atoms with van der Waals surface area (Å²) in [4.78, 5) is 5.38. The van der Waals surface area contributed by atoms with Gasteiger partial charge in [0, 0.05) is 33.0 Å². The second-order valence-corrected chi connectivity index (χ2v) is 11.2. The molecule has 6 aromatic carbocycles. The van der Waals surface area contributed by atoms with Crippen LogP contribution in [0.25, 0.3) is 83.1 Å². The summed E-state index contributed by atoms with van der Waals surface area (Å²) in [7, 11) is 0. The highest BCUT2D eigenvalue weighted by atomic mass is 16.3. The Morgan fingerprint density at radius 1 is 0.477 bits per heavy atom. The summed E-state index contributed by atoms with van der Waals surface area (Å²) in [6.45, 7) is 0. The number of rotatable bonds is 4. The summed E-state index contributed by atoms with van der Waals surface area (Å²) in [5.74, 6) is 0. The number of fused-ring (bicyclic) bond motifs is 7. The SMILES string of the molecule is c1ccc(-c2cc(-c3ccccc3)nc(-c3cc4c5ccccc5oc4c4c5ccccc5n(-c5ccccc5)c34)c2)cc1. The molecule has 0 aliphatic carbocycles. The number of furan rings is 1. The number of benzene rings is 6. The molecule has 0 atom stereocenters. The minimum atomic E-state index is 0.883. The van der Waals surface area contributed by atoms with Crippen molar-refractivity contribution in [1.29, 1.82) is 0 Å². The van der Waals surface area contributed by atoms with E-state index in [4.69, 9.17) is 9.40 Å². The maximum absolute atomic E-state index is 6.67. The smallest absolute Gasteiger partial charge is 0.145 e. The zero-order chi connectivity index (χ0) is 29.0. The molecule has 44 heavy (non-hydrogen) atoms. The standard InChI is InChI=1S/C41H26N2O/c1-4-14-27(15-5-1)29-24-35(28-16-6-2-7-17-28)42-36(25-29)34-26-33-31-20-11-13-23-38(31)44-41(33)39-32-21-10-12-22-37(32)43(40(34)39)30-18-8-3-9-19-30/h1-26H. The van der Waals surface area contributed by atoms with Crippen LogP contribution in [0.4, 0.5) is 0 Å². The van der Waals surface area contributed by atoms with Crippen molar-refractivity contribution in [3.63, 3.8) is 0 Å². The normalized spacial score (nSPS) is 11.6. The summed E-state index contributed by atoms with van der Waals surface area (Å²) < 4.78 is 9.03. The zero-order valence-corrected chi connectivity index (χ0v) is 23.8. The average Bonchev–Trinajstić information content (AvgIpc) is 3.65. The monoisotopic (exact) mass is 562 g/mol. The number of nitrogens with zero attached hydrogens (tertiary/aromatic N) is 2. The largest absolute Gasteiger partial charge is 0.455 e. The number of aromatic nitrogens is 2. The molecule has 9 rings (SSSR count). The molecule has 0 amide bonds. The van der Waals surface area contributed by atoms with Crippen LogP contribution in [0, 0.1) is 0 Å². The Kier molecular flexibility index (Phi) is 5.50. The van der Waals surface area contributed by atoms with Gasteiger partial charge in [-0.25, -0.2) is 4.98 Å². The van der Waals surface area contributed by atoms with Crippen LogP contribution in [0.3, 0.4) is 0 Å². The van der Waals surface area contributed by atoms with Crippen molar-refractivity contribution in [3.05, 3.63) is 158 Å². The molecule has 0 aliphatic rings. The predicted octanol–water partition coefficient (Wildman–Crippen LogP) is 11.1. The molecule has 206 valence electrons. The molecule has 9 aromatic rings. The lowest BCUT2D eigenvalue weighted by Crippen LogP contribution is -1.97. The maximum Gasteiger partial charge on any atom is 0.145 e. The minimum absolute atomic E-state index is 0.883. The third kappa shape index (κ3) is 3.80. The minimum Gasteiger partial charge on any atom is -0.455 e. The van der Waals surface area contributed by atoms with Crippen LogP contribution in [0.5, 0.6) is 0 Å². The Labute approximate surface area is 254 Å². The first-order chi connectivity index (χ1) is 21.8. The van der Waals surface area contributed by atoms with E-state index in [2.05, 4.69) is 150 Å². The molecule has 0 aliphatic heterocycles. The second-order valence-electron chi connectivity index (χ2n) is 11.2. The highest BCUT2D eigenvalue weighted by Gasteiger charge is 2.23. The van der Waals surface area contributed by atoms with Crippen LogP contribution < -0.4 is 0 Å². The molecular formula is C41H26N2O. The quantitative estimate of drug-likeness (QED) is 0.214. The van der Waals surface area contributed by atoms with Crippen LogP contribution in [0.2, 0.25) is 0 Å². The van der Waals surface area contributed by atoms with Crippen LogP contribution in [-0.2, 0) is 0 Å². The van der Waals surface area contributed by atoms with Crippen molar-refractivity contribution in [1.82, 2.24) is 9.55 Å². The van der Waals surface area contributed by atoms with Gasteiger partial charge in [0.2, 0.25) is 0 Å². The van der Waals surface area contributed by atoms with E-state index in [1.807, 2.05) is 12.1 Å². The van der Waals surface area contributed by atoms with Gasteiger partial charge in [-0.15, -0.1) is 0 Å². The van der Waals surface area contributed by atoms with E-state index in [0.717, 1.165) is 83.1 Å². The fraction of sp³-hybridized carbons (Fsp3) is 0. The van der Waals surface area contributed by atoms with Crippen molar-refractivity contribution >= 4 is 43.7 Å². The molecular weight excluding hydrogens is 536 g/mol. The van der Waals surface area contributed by atoms with Crippen molar-refractivity contribution in [2.45, 2.75) is 0 Å². The number of hydrogen-bond donors (Lipinski definition) is 0. The second kappa shape index (κ2) is 9.82. The molecule has 3 aromatic heterocycles. The Hall–Kier alpha value is -5.93. The van der Waals surface area contributed by atoms with Crippen LogP contribution in [0.1, 0.15) is 0 Å². The van der Waals surface area contributed by atoms with Gasteiger partial charge in [-0.3, -0.25) is 0 Å². The van der Waals surface area contributed by atoms with Gasteiger partial charge in [-0.05, 0) is 53.6 Å². The number of pyridine rings is 1. The Morgan fingerprint density at radius 3 is 1.86 bits per heavy atom. The van der Waals surface area contributed by atoms with E-state index < -0.39 is 0 Å². The highest BCUT2D eigenvalue weighted by Crippen LogP contribution is 2.45. The molecule has 0 fully saturated rings. The van der Waals surface area contributed by atoms with Gasteiger partial charge in [-0.2, -0.15) is 0 Å². The summed E-state index contributed by atoms with van der Waals surface area (Å²) in [6.07, 6.45) is 0. The predicted molar refractivity (Wildman–Crippen MR) is 182 cm³/mol. The first-order valence-electron chi connectivity index (χ1n) is 14.9. The van der Waals surface area contributed by atoms with Gasteiger partial charge in [0.05, 0.1) is 27.8 Å². The van der Waals surface area contributed by atoms with Gasteiger partial charge in [0.25, 0.3) is 0 Å². The highest BCUT2D eigenvalue weighted by molar-refractivity contribution is 6.27. The Morgan fingerprint density at radius 2 is 1.09 bits per heavy atom. The molecule has 3 nitrogen and oxygen atoms in total. The first kappa shape index (κ1) is 24.6. The third-order valence-corrected chi connectivity index (χ3v) is 8.57. The Bertz CT molecular complexity index is 2420. The fourth-order valence-corrected chi connectivity index (χ4v) is 6.60. The van der Waals surface area contributed by atoms with Gasteiger partial charge >= 0.3 is 0 Å². The molecule has 0 N–H and O–H groups in total. The molecule has 0 radical (unpaired) electrons. The van der Waals surface area contributed by atoms with E-state index in [1.165, 1.54) is 0 Å². The topological polar surface area (TPSA) is 31.0 Å². The molecule has 0 bridgehead atoms. The summed E-state index contributed by atoms with van der Waals surface area (Å²) >= 11 is 0. The zero-order valence-electron chi connectivity index (χ0n) is 23.8. The summed E-state index contributed by atoms with van der Waals surface area (Å²) in [6, 6.07) is 55.3. The summed E-state index contributed by atoms with van der Waals surface area (Å²) in [5.41, 5.74) is 11.4. The van der Waals surface area contributed by atoms with E-state index in [9.17, 15) is 0 Å². The van der Waals surface area contributed by atoms with Gasteiger partial charge < -0.3 is 8.98 Å². The first-order valence-corrected chi connectivity index (χ1v) is 14.9. The average molecular weight is 563 g/mol. The van der Waals surface area contributed by atoms with Gasteiger partial charge in [0.1, 0.15) is 11.2 Å². The van der Waals surface area contributed by atoms with Crippen LogP contribution in [-0.4, -0.2) is 9.55 Å². The van der Waals surface area contributed by atoms with Gasteiger partial charge in [0.15, 0.2) is 0 Å². The molecule has 3 heteroatoms. The fourth-order valence-electron chi connectivity index (χ4n) is 6.60. The molecule has 0 unspecified atom stereocenters. The number of para-hydroxylation sites is 3.